The molecule has 0 heterocycles. The van der Waals surface area contributed by atoms with Crippen LogP contribution in [0.4, 0.5) is 0 Å². The number of rotatable bonds is 3. The second kappa shape index (κ2) is 5.39. The fourth-order valence-electron chi connectivity index (χ4n) is 1.30. The Morgan fingerprint density at radius 2 is 2.06 bits per heavy atom. The Hall–Kier alpha value is -0.970. The third-order valence-corrected chi connectivity index (χ3v) is 2.90. The lowest BCUT2D eigenvalue weighted by Gasteiger charge is -2.14. The quantitative estimate of drug-likeness (QED) is 0.498. The summed E-state index contributed by atoms with van der Waals surface area (Å²) in [5, 5.41) is 0.816. The van der Waals surface area contributed by atoms with Gasteiger partial charge in [-0.3, -0.25) is 10.2 Å². The summed E-state index contributed by atoms with van der Waals surface area (Å²) in [5.41, 5.74) is 2.67. The second-order valence-corrected chi connectivity index (χ2v) is 4.05. The van der Waals surface area contributed by atoms with Crippen molar-refractivity contribution < 1.29 is 9.53 Å². The van der Waals surface area contributed by atoms with Crippen LogP contribution in [0.1, 0.15) is 18.4 Å². The van der Waals surface area contributed by atoms with Gasteiger partial charge in [0.1, 0.15) is 5.75 Å². The van der Waals surface area contributed by atoms with Crippen LogP contribution in [0.15, 0.2) is 12.1 Å². The lowest BCUT2D eigenvalue weighted by atomic mass is 10.0. The molecule has 1 amide bonds. The monoisotopic (exact) mass is 262 g/mol. The van der Waals surface area contributed by atoms with Crippen molar-refractivity contribution in [2.45, 2.75) is 12.8 Å². The van der Waals surface area contributed by atoms with Crippen LogP contribution in [-0.2, 0) is 4.79 Å². The molecule has 3 N–H and O–H groups in total. The van der Waals surface area contributed by atoms with E-state index in [1.54, 1.807) is 19.1 Å². The molecule has 4 nitrogen and oxygen atoms in total. The van der Waals surface area contributed by atoms with Crippen LogP contribution in [0.25, 0.3) is 0 Å². The summed E-state index contributed by atoms with van der Waals surface area (Å²) in [6, 6.07) is 3.17. The highest BCUT2D eigenvalue weighted by Crippen LogP contribution is 2.34. The number of hydrogen-bond acceptors (Lipinski definition) is 3. The van der Waals surface area contributed by atoms with Gasteiger partial charge in [0.2, 0.25) is 5.91 Å². The summed E-state index contributed by atoms with van der Waals surface area (Å²) in [6.07, 6.45) is 0. The number of nitrogens with one attached hydrogen (secondary N) is 1. The number of carbonyl (C=O) groups excluding carboxylic acids is 1. The zero-order valence-corrected chi connectivity index (χ0v) is 10.4. The molecule has 6 heteroatoms. The molecule has 0 saturated heterocycles. The largest absolute Gasteiger partial charge is 0.495 e. The standard InChI is InChI=1S/C10H12Cl2N2O2/c1-5(10(15)14-13)6-3-8(12)9(16-2)4-7(6)11/h3-5H,13H2,1-2H3,(H,14,15). The molecule has 0 spiro atoms. The number of hydrogen-bond donors (Lipinski definition) is 2. The molecule has 88 valence electrons. The summed E-state index contributed by atoms with van der Waals surface area (Å²) in [5.74, 6) is 4.72. The maximum absolute atomic E-state index is 11.4. The van der Waals surface area contributed by atoms with Crippen molar-refractivity contribution in [2.75, 3.05) is 7.11 Å². The van der Waals surface area contributed by atoms with Crippen LogP contribution in [0.2, 0.25) is 10.0 Å². The van der Waals surface area contributed by atoms with Crippen LogP contribution in [0.5, 0.6) is 5.75 Å². The summed E-state index contributed by atoms with van der Waals surface area (Å²) >= 11 is 12.0. The predicted octanol–water partition coefficient (Wildman–Crippen LogP) is 2.10. The van der Waals surface area contributed by atoms with E-state index in [4.69, 9.17) is 33.8 Å². The second-order valence-electron chi connectivity index (χ2n) is 3.24. The number of hydrazine groups is 1. The van der Waals surface area contributed by atoms with Gasteiger partial charge in [-0.2, -0.15) is 0 Å². The Morgan fingerprint density at radius 1 is 1.44 bits per heavy atom. The summed E-state index contributed by atoms with van der Waals surface area (Å²) in [6.45, 7) is 1.69. The van der Waals surface area contributed by atoms with Crippen molar-refractivity contribution in [3.8, 4) is 5.75 Å². The first kappa shape index (κ1) is 13.1. The van der Waals surface area contributed by atoms with Gasteiger partial charge >= 0.3 is 0 Å². The fourth-order valence-corrected chi connectivity index (χ4v) is 1.87. The summed E-state index contributed by atoms with van der Waals surface area (Å²) in [4.78, 5) is 11.4. The minimum Gasteiger partial charge on any atom is -0.495 e. The fraction of sp³-hybridized carbons (Fsp3) is 0.300. The Bertz CT molecular complexity index is 410. The zero-order chi connectivity index (χ0) is 12.3. The van der Waals surface area contributed by atoms with Crippen LogP contribution < -0.4 is 16.0 Å². The average Bonchev–Trinajstić information content (AvgIpc) is 2.29. The van der Waals surface area contributed by atoms with E-state index in [2.05, 4.69) is 5.43 Å². The molecule has 0 saturated carbocycles. The number of halogens is 2. The van der Waals surface area contributed by atoms with Crippen molar-refractivity contribution in [2.24, 2.45) is 5.84 Å². The first-order valence-corrected chi connectivity index (χ1v) is 5.30. The Balaban J connectivity index is 3.15. The highest BCUT2D eigenvalue weighted by atomic mass is 35.5. The van der Waals surface area contributed by atoms with E-state index >= 15 is 0 Å². The molecule has 0 bridgehead atoms. The van der Waals surface area contributed by atoms with E-state index in [1.807, 2.05) is 0 Å². The molecule has 0 fully saturated rings. The SMILES string of the molecule is COc1cc(Cl)c(C(C)C(=O)NN)cc1Cl. The van der Waals surface area contributed by atoms with Gasteiger partial charge in [-0.15, -0.1) is 0 Å². The highest BCUT2D eigenvalue weighted by Gasteiger charge is 2.19. The lowest BCUT2D eigenvalue weighted by molar-refractivity contribution is -0.122. The van der Waals surface area contributed by atoms with Crippen molar-refractivity contribution >= 4 is 29.1 Å². The van der Waals surface area contributed by atoms with Crippen molar-refractivity contribution in [3.63, 3.8) is 0 Å². The predicted molar refractivity (Wildman–Crippen MR) is 63.8 cm³/mol. The molecule has 16 heavy (non-hydrogen) atoms. The number of methoxy groups -OCH3 is 1. The van der Waals surface area contributed by atoms with Crippen molar-refractivity contribution in [1.82, 2.24) is 5.43 Å². The minimum atomic E-state index is -0.471. The van der Waals surface area contributed by atoms with E-state index in [1.165, 1.54) is 7.11 Å². The zero-order valence-electron chi connectivity index (χ0n) is 8.88. The van der Waals surface area contributed by atoms with Gasteiger partial charge in [-0.25, -0.2) is 5.84 Å². The lowest BCUT2D eigenvalue weighted by Crippen LogP contribution is -2.33. The highest BCUT2D eigenvalue weighted by molar-refractivity contribution is 6.35. The molecule has 0 radical (unpaired) electrons. The first-order chi connectivity index (χ1) is 7.51. The Kier molecular flexibility index (Phi) is 4.41. The van der Waals surface area contributed by atoms with Crippen LogP contribution in [0, 0.1) is 0 Å². The molecule has 1 rings (SSSR count). The van der Waals surface area contributed by atoms with Crippen molar-refractivity contribution in [1.29, 1.82) is 0 Å². The van der Waals surface area contributed by atoms with Gasteiger partial charge in [-0.1, -0.05) is 23.2 Å². The molecule has 0 aromatic heterocycles. The average molecular weight is 263 g/mol. The van der Waals surface area contributed by atoms with Crippen molar-refractivity contribution in [3.05, 3.63) is 27.7 Å². The molecule has 1 aromatic carbocycles. The van der Waals surface area contributed by atoms with Crippen LogP contribution in [-0.4, -0.2) is 13.0 Å². The first-order valence-electron chi connectivity index (χ1n) is 4.54. The van der Waals surface area contributed by atoms with Gasteiger partial charge in [0, 0.05) is 11.1 Å². The third kappa shape index (κ3) is 2.58. The molecule has 0 aliphatic rings. The van der Waals surface area contributed by atoms with Gasteiger partial charge in [0.25, 0.3) is 0 Å². The van der Waals surface area contributed by atoms with Gasteiger partial charge in [0.15, 0.2) is 0 Å². The maximum Gasteiger partial charge on any atom is 0.241 e. The maximum atomic E-state index is 11.4. The third-order valence-electron chi connectivity index (χ3n) is 2.27. The van der Waals surface area contributed by atoms with Gasteiger partial charge < -0.3 is 4.74 Å². The molecular weight excluding hydrogens is 251 g/mol. The molecule has 1 atom stereocenters. The smallest absolute Gasteiger partial charge is 0.241 e. The minimum absolute atomic E-state index is 0.330. The Morgan fingerprint density at radius 3 is 2.56 bits per heavy atom. The number of amides is 1. The molecule has 1 aromatic rings. The van der Waals surface area contributed by atoms with E-state index in [0.717, 1.165) is 0 Å². The number of benzene rings is 1. The normalized spacial score (nSPS) is 12.1. The number of carbonyl (C=O) groups is 1. The number of ether oxygens (including phenoxy) is 1. The van der Waals surface area contributed by atoms with E-state index in [-0.39, 0.29) is 5.91 Å². The Labute approximate surface area is 104 Å². The van der Waals surface area contributed by atoms with Crippen LogP contribution in [0.3, 0.4) is 0 Å². The summed E-state index contributed by atoms with van der Waals surface area (Å²) in [7, 11) is 1.49. The summed E-state index contributed by atoms with van der Waals surface area (Å²) < 4.78 is 5.01. The molecule has 0 aliphatic heterocycles. The topological polar surface area (TPSA) is 64.3 Å². The molecule has 0 aliphatic carbocycles. The molecular formula is C10H12Cl2N2O2. The van der Waals surface area contributed by atoms with Gasteiger partial charge in [0.05, 0.1) is 18.1 Å². The van der Waals surface area contributed by atoms with E-state index in [0.29, 0.717) is 21.4 Å². The van der Waals surface area contributed by atoms with E-state index in [9.17, 15) is 4.79 Å². The van der Waals surface area contributed by atoms with Gasteiger partial charge in [-0.05, 0) is 18.6 Å². The number of nitrogens with two attached hydrogens (primary N) is 1. The van der Waals surface area contributed by atoms with Crippen LogP contribution >= 0.6 is 23.2 Å². The molecule has 1 unspecified atom stereocenters. The van der Waals surface area contributed by atoms with E-state index < -0.39 is 5.92 Å².